The van der Waals surface area contributed by atoms with Gasteiger partial charge in [-0.25, -0.2) is 0 Å². The van der Waals surface area contributed by atoms with Crippen LogP contribution in [-0.2, 0) is 4.74 Å². The molecule has 1 saturated carbocycles. The molecular weight excluding hydrogens is 240 g/mol. The lowest BCUT2D eigenvalue weighted by atomic mass is 9.88. The third-order valence-corrected chi connectivity index (χ3v) is 4.84. The van der Waals surface area contributed by atoms with Crippen LogP contribution in [0.4, 0.5) is 0 Å². The minimum absolute atomic E-state index is 0.490. The summed E-state index contributed by atoms with van der Waals surface area (Å²) in [5.74, 6) is 1.72. The molecule has 1 aliphatic rings. The fraction of sp³-hybridized carbons (Fsp3) is 0.818. The average Bonchev–Trinajstić information content (AvgIpc) is 2.79. The van der Waals surface area contributed by atoms with E-state index in [1.807, 2.05) is 0 Å². The first-order valence-corrected chi connectivity index (χ1v) is 7.73. The molecule has 0 spiro atoms. The number of rotatable bonds is 5. The Hall–Kier alpha value is -0.130. The first kappa shape index (κ1) is 12.3. The lowest BCUT2D eigenvalue weighted by Gasteiger charge is -2.28. The molecule has 0 aliphatic heterocycles. The molecule has 0 saturated heterocycles. The highest BCUT2D eigenvalue weighted by atomic mass is 32.2. The largest absolute Gasteiger partial charge is 0.377 e. The van der Waals surface area contributed by atoms with Crippen LogP contribution in [0.3, 0.4) is 0 Å². The van der Waals surface area contributed by atoms with Gasteiger partial charge in [0.15, 0.2) is 4.34 Å². The summed E-state index contributed by atoms with van der Waals surface area (Å²) in [4.78, 5) is 0. The minimum Gasteiger partial charge on any atom is -0.377 e. The first-order chi connectivity index (χ1) is 7.86. The number of nitrogens with zero attached hydrogens (tertiary/aromatic N) is 2. The van der Waals surface area contributed by atoms with E-state index in [-0.39, 0.29) is 0 Å². The summed E-state index contributed by atoms with van der Waals surface area (Å²) >= 11 is 3.33. The quantitative estimate of drug-likeness (QED) is 0.600. The van der Waals surface area contributed by atoms with Crippen LogP contribution in [0.2, 0.25) is 0 Å². The minimum atomic E-state index is 0.490. The predicted octanol–water partition coefficient (Wildman–Crippen LogP) is 3.23. The van der Waals surface area contributed by atoms with Crippen molar-refractivity contribution in [1.29, 1.82) is 0 Å². The lowest BCUT2D eigenvalue weighted by molar-refractivity contribution is 0.00347. The Bertz CT molecular complexity index is 292. The zero-order chi connectivity index (χ0) is 11.2. The van der Waals surface area contributed by atoms with E-state index in [4.69, 9.17) is 4.74 Å². The molecule has 1 aliphatic carbocycles. The molecule has 0 radical (unpaired) electrons. The van der Waals surface area contributed by atoms with Crippen molar-refractivity contribution in [2.75, 3.05) is 12.4 Å². The van der Waals surface area contributed by atoms with Crippen molar-refractivity contribution in [1.82, 2.24) is 10.2 Å². The third kappa shape index (κ3) is 3.71. The molecule has 0 N–H and O–H groups in total. The van der Waals surface area contributed by atoms with Crippen LogP contribution in [0.5, 0.6) is 0 Å². The number of aromatic nitrogens is 2. The number of hydrogen-bond acceptors (Lipinski definition) is 5. The Kier molecular flexibility index (Phi) is 5.06. The molecule has 2 atom stereocenters. The zero-order valence-corrected chi connectivity index (χ0v) is 11.2. The van der Waals surface area contributed by atoms with Crippen LogP contribution in [0.1, 0.15) is 32.6 Å². The van der Waals surface area contributed by atoms with Gasteiger partial charge in [-0.3, -0.25) is 0 Å². The van der Waals surface area contributed by atoms with Crippen LogP contribution in [0.25, 0.3) is 0 Å². The van der Waals surface area contributed by atoms with E-state index in [2.05, 4.69) is 17.1 Å². The highest BCUT2D eigenvalue weighted by Gasteiger charge is 2.21. The van der Waals surface area contributed by atoms with Gasteiger partial charge in [-0.1, -0.05) is 42.9 Å². The van der Waals surface area contributed by atoms with E-state index < -0.39 is 0 Å². The monoisotopic (exact) mass is 258 g/mol. The molecular formula is C11H18N2OS2. The van der Waals surface area contributed by atoms with Crippen molar-refractivity contribution in [2.45, 2.75) is 43.1 Å². The molecule has 0 bridgehead atoms. The van der Waals surface area contributed by atoms with Crippen molar-refractivity contribution >= 4 is 23.1 Å². The maximum absolute atomic E-state index is 5.93. The van der Waals surface area contributed by atoms with Gasteiger partial charge in [0.05, 0.1) is 12.7 Å². The molecule has 3 nitrogen and oxygen atoms in total. The normalized spacial score (nSPS) is 25.8. The van der Waals surface area contributed by atoms with E-state index in [0.29, 0.717) is 6.10 Å². The summed E-state index contributed by atoms with van der Waals surface area (Å²) in [5, 5.41) is 7.80. The van der Waals surface area contributed by atoms with Crippen LogP contribution in [0.15, 0.2) is 9.85 Å². The molecule has 90 valence electrons. The second kappa shape index (κ2) is 6.57. The summed E-state index contributed by atoms with van der Waals surface area (Å²) in [6, 6.07) is 0. The summed E-state index contributed by atoms with van der Waals surface area (Å²) in [7, 11) is 0. The summed E-state index contributed by atoms with van der Waals surface area (Å²) in [5.41, 5.74) is 1.77. The Balaban J connectivity index is 1.60. The smallest absolute Gasteiger partial charge is 0.174 e. The van der Waals surface area contributed by atoms with E-state index in [1.54, 1.807) is 28.6 Å². The van der Waals surface area contributed by atoms with E-state index in [1.165, 1.54) is 25.7 Å². The molecule has 16 heavy (non-hydrogen) atoms. The van der Waals surface area contributed by atoms with Gasteiger partial charge in [0.25, 0.3) is 0 Å². The van der Waals surface area contributed by atoms with Gasteiger partial charge in [0.1, 0.15) is 5.51 Å². The highest BCUT2D eigenvalue weighted by molar-refractivity contribution is 8.01. The molecule has 2 rings (SSSR count). The first-order valence-electron chi connectivity index (χ1n) is 5.87. The van der Waals surface area contributed by atoms with Crippen molar-refractivity contribution in [3.63, 3.8) is 0 Å². The van der Waals surface area contributed by atoms with Gasteiger partial charge in [-0.05, 0) is 18.8 Å². The Labute approximate surface area is 105 Å². The molecule has 5 heteroatoms. The molecule has 1 aromatic heterocycles. The van der Waals surface area contributed by atoms with Crippen LogP contribution >= 0.6 is 23.1 Å². The van der Waals surface area contributed by atoms with Crippen molar-refractivity contribution in [3.8, 4) is 0 Å². The van der Waals surface area contributed by atoms with Crippen LogP contribution in [0, 0.1) is 5.92 Å². The maximum Gasteiger partial charge on any atom is 0.174 e. The van der Waals surface area contributed by atoms with Gasteiger partial charge in [-0.15, -0.1) is 10.2 Å². The predicted molar refractivity (Wildman–Crippen MR) is 68.0 cm³/mol. The fourth-order valence-corrected chi connectivity index (χ4v) is 3.47. The van der Waals surface area contributed by atoms with Crippen LogP contribution < -0.4 is 0 Å². The molecule has 0 unspecified atom stereocenters. The Morgan fingerprint density at radius 1 is 1.50 bits per heavy atom. The second-order valence-corrected chi connectivity index (χ2v) is 6.40. The average molecular weight is 258 g/mol. The van der Waals surface area contributed by atoms with E-state index >= 15 is 0 Å². The summed E-state index contributed by atoms with van der Waals surface area (Å²) in [6.07, 6.45) is 5.77. The van der Waals surface area contributed by atoms with Crippen LogP contribution in [-0.4, -0.2) is 28.7 Å². The Morgan fingerprint density at radius 2 is 2.38 bits per heavy atom. The molecule has 1 aromatic rings. The highest BCUT2D eigenvalue weighted by Crippen LogP contribution is 2.26. The lowest BCUT2D eigenvalue weighted by Crippen LogP contribution is -2.26. The second-order valence-electron chi connectivity index (χ2n) is 4.22. The third-order valence-electron chi connectivity index (χ3n) is 3.01. The fourth-order valence-electron chi connectivity index (χ4n) is 2.08. The molecule has 0 aromatic carbocycles. The van der Waals surface area contributed by atoms with Crippen molar-refractivity contribution in [3.05, 3.63) is 5.51 Å². The number of thioether (sulfide) groups is 1. The summed E-state index contributed by atoms with van der Waals surface area (Å²) in [6.45, 7) is 3.14. The van der Waals surface area contributed by atoms with Gasteiger partial charge < -0.3 is 4.74 Å². The topological polar surface area (TPSA) is 35.0 Å². The molecule has 0 amide bonds. The van der Waals surface area contributed by atoms with Crippen molar-refractivity contribution < 1.29 is 4.74 Å². The van der Waals surface area contributed by atoms with Gasteiger partial charge in [0, 0.05) is 5.75 Å². The standard InChI is InChI=1S/C11H18N2OS2/c1-9-4-2-3-5-10(9)14-6-7-15-11-13-12-8-16-11/h8-10H,2-7H2,1H3/t9-,10-/m0/s1. The number of hydrogen-bond donors (Lipinski definition) is 0. The molecule has 1 fully saturated rings. The Morgan fingerprint density at radius 3 is 3.12 bits per heavy atom. The zero-order valence-electron chi connectivity index (χ0n) is 9.59. The van der Waals surface area contributed by atoms with E-state index in [9.17, 15) is 0 Å². The maximum atomic E-state index is 5.93. The van der Waals surface area contributed by atoms with Gasteiger partial charge >= 0.3 is 0 Å². The SMILES string of the molecule is C[C@H]1CCCC[C@@H]1OCCSc1nncs1. The van der Waals surface area contributed by atoms with E-state index in [0.717, 1.165) is 22.6 Å². The molecule has 1 heterocycles. The summed E-state index contributed by atoms with van der Waals surface area (Å²) < 4.78 is 6.97. The van der Waals surface area contributed by atoms with Gasteiger partial charge in [-0.2, -0.15) is 0 Å². The van der Waals surface area contributed by atoms with Gasteiger partial charge in [0.2, 0.25) is 0 Å². The number of ether oxygens (including phenoxy) is 1. The van der Waals surface area contributed by atoms with Crippen molar-refractivity contribution in [2.24, 2.45) is 5.92 Å².